The molecule has 0 unspecified atom stereocenters. The van der Waals surface area contributed by atoms with Gasteiger partial charge in [0.1, 0.15) is 13.2 Å². The molecule has 0 aromatic heterocycles. The Labute approximate surface area is 103 Å². The summed E-state index contributed by atoms with van der Waals surface area (Å²) < 4.78 is 37.9. The van der Waals surface area contributed by atoms with E-state index in [1.54, 1.807) is 0 Å². The van der Waals surface area contributed by atoms with Crippen molar-refractivity contribution in [3.63, 3.8) is 0 Å². The average molecular weight is 270 g/mol. The molecule has 18 heavy (non-hydrogen) atoms. The number of methoxy groups -OCH3 is 1. The molecular weight excluding hydrogens is 254 g/mol. The first kappa shape index (κ1) is 16.4. The number of amides is 2. The van der Waals surface area contributed by atoms with Gasteiger partial charge in [-0.3, -0.25) is 0 Å². The number of ether oxygens (including phenoxy) is 3. The fraction of sp³-hybridized carbons (Fsp3) is 0.778. The summed E-state index contributed by atoms with van der Waals surface area (Å²) in [6, 6.07) is 0. The summed E-state index contributed by atoms with van der Waals surface area (Å²) in [5.74, 6) is -2.91. The van der Waals surface area contributed by atoms with E-state index in [1.165, 1.54) is 7.11 Å². The molecule has 2 amide bonds. The number of carbonyl (C=O) groups excluding carboxylic acids is 2. The summed E-state index contributed by atoms with van der Waals surface area (Å²) in [6.07, 6.45) is -1.51. The first-order chi connectivity index (χ1) is 8.35. The van der Waals surface area contributed by atoms with Crippen LogP contribution in [0.2, 0.25) is 0 Å². The van der Waals surface area contributed by atoms with Crippen molar-refractivity contribution in [3.05, 3.63) is 0 Å². The van der Waals surface area contributed by atoms with Crippen molar-refractivity contribution in [3.8, 4) is 0 Å². The smallest absolute Gasteiger partial charge is 0.408 e. The molecule has 0 fully saturated rings. The van der Waals surface area contributed by atoms with Gasteiger partial charge in [0.05, 0.1) is 20.4 Å². The Hall–Kier alpha value is -1.64. The van der Waals surface area contributed by atoms with Crippen LogP contribution in [0.15, 0.2) is 0 Å². The SMILES string of the molecule is COC(=O)NCNC(=O)OCCOCC(C)(F)F. The molecule has 0 aliphatic carbocycles. The lowest BCUT2D eigenvalue weighted by atomic mass is 10.4. The van der Waals surface area contributed by atoms with Crippen LogP contribution >= 0.6 is 0 Å². The molecule has 0 saturated heterocycles. The molecule has 0 radical (unpaired) electrons. The molecule has 0 saturated carbocycles. The number of carbonyl (C=O) groups is 2. The number of alkyl halides is 2. The van der Waals surface area contributed by atoms with Crippen LogP contribution in [0.25, 0.3) is 0 Å². The van der Waals surface area contributed by atoms with E-state index in [4.69, 9.17) is 0 Å². The van der Waals surface area contributed by atoms with Gasteiger partial charge >= 0.3 is 12.2 Å². The third-order valence-electron chi connectivity index (χ3n) is 1.47. The third-order valence-corrected chi connectivity index (χ3v) is 1.47. The number of halogens is 2. The predicted molar refractivity (Wildman–Crippen MR) is 56.3 cm³/mol. The van der Waals surface area contributed by atoms with Gasteiger partial charge in [-0.25, -0.2) is 18.4 Å². The molecule has 0 atom stereocenters. The van der Waals surface area contributed by atoms with Crippen LogP contribution in [0.1, 0.15) is 6.92 Å². The van der Waals surface area contributed by atoms with Crippen molar-refractivity contribution in [2.45, 2.75) is 12.8 Å². The minimum absolute atomic E-state index is 0.138. The maximum Gasteiger partial charge on any atom is 0.408 e. The Bertz CT molecular complexity index is 270. The normalized spacial score (nSPS) is 10.7. The first-order valence-electron chi connectivity index (χ1n) is 5.03. The summed E-state index contributed by atoms with van der Waals surface area (Å²) in [4.78, 5) is 21.5. The maximum atomic E-state index is 12.3. The summed E-state index contributed by atoms with van der Waals surface area (Å²) in [5.41, 5.74) is 0. The van der Waals surface area contributed by atoms with E-state index in [0.29, 0.717) is 0 Å². The third kappa shape index (κ3) is 10.9. The highest BCUT2D eigenvalue weighted by Gasteiger charge is 2.20. The molecule has 0 aliphatic heterocycles. The minimum atomic E-state index is -2.91. The Balaban J connectivity index is 3.40. The van der Waals surface area contributed by atoms with Crippen molar-refractivity contribution < 1.29 is 32.6 Å². The summed E-state index contributed by atoms with van der Waals surface area (Å²) in [6.45, 7) is -0.484. The van der Waals surface area contributed by atoms with Crippen molar-refractivity contribution >= 4 is 12.2 Å². The molecule has 106 valence electrons. The van der Waals surface area contributed by atoms with Gasteiger partial charge in [-0.05, 0) is 0 Å². The first-order valence-corrected chi connectivity index (χ1v) is 5.03. The van der Waals surface area contributed by atoms with Crippen LogP contribution in [-0.4, -0.2) is 51.7 Å². The summed E-state index contributed by atoms with van der Waals surface area (Å²) in [5, 5.41) is 4.36. The molecule has 7 nitrogen and oxygen atoms in total. The maximum absolute atomic E-state index is 12.3. The van der Waals surface area contributed by atoms with E-state index in [-0.39, 0.29) is 19.9 Å². The van der Waals surface area contributed by atoms with Crippen molar-refractivity contribution in [2.75, 3.05) is 33.6 Å². The van der Waals surface area contributed by atoms with Gasteiger partial charge in [0.2, 0.25) is 0 Å². The second-order valence-corrected chi connectivity index (χ2v) is 3.28. The highest BCUT2D eigenvalue weighted by molar-refractivity contribution is 5.69. The lowest BCUT2D eigenvalue weighted by Crippen LogP contribution is -2.37. The Morgan fingerprint density at radius 3 is 2.33 bits per heavy atom. The minimum Gasteiger partial charge on any atom is -0.453 e. The number of alkyl carbamates (subject to hydrolysis) is 2. The largest absolute Gasteiger partial charge is 0.453 e. The lowest BCUT2D eigenvalue weighted by molar-refractivity contribution is -0.0681. The standard InChI is InChI=1S/C9H16F2N2O5/c1-9(10,11)5-17-3-4-18-8(15)13-6-12-7(14)16-2/h3-6H2,1-2H3,(H,12,14)(H,13,15). The molecule has 0 rings (SSSR count). The number of rotatable bonds is 7. The summed E-state index contributed by atoms with van der Waals surface area (Å²) >= 11 is 0. The lowest BCUT2D eigenvalue weighted by Gasteiger charge is -2.11. The molecule has 2 N–H and O–H groups in total. The number of hydrogen-bond donors (Lipinski definition) is 2. The van der Waals surface area contributed by atoms with E-state index in [2.05, 4.69) is 24.8 Å². The quantitative estimate of drug-likeness (QED) is 0.525. The second kappa shape index (κ2) is 8.45. The summed E-state index contributed by atoms with van der Waals surface area (Å²) in [7, 11) is 1.18. The van der Waals surface area contributed by atoms with Gasteiger partial charge in [-0.2, -0.15) is 0 Å². The van der Waals surface area contributed by atoms with Gasteiger partial charge in [0, 0.05) is 6.92 Å². The zero-order valence-electron chi connectivity index (χ0n) is 10.1. The predicted octanol–water partition coefficient (Wildman–Crippen LogP) is 0.698. The highest BCUT2D eigenvalue weighted by atomic mass is 19.3. The fourth-order valence-electron chi connectivity index (χ4n) is 0.756. The van der Waals surface area contributed by atoms with Crippen molar-refractivity contribution in [1.29, 1.82) is 0 Å². The zero-order chi connectivity index (χ0) is 14.0. The zero-order valence-corrected chi connectivity index (χ0v) is 10.1. The number of nitrogens with one attached hydrogen (secondary N) is 2. The van der Waals surface area contributed by atoms with Gasteiger partial charge in [0.25, 0.3) is 5.92 Å². The molecule has 0 aromatic carbocycles. The van der Waals surface area contributed by atoms with Crippen LogP contribution in [0.5, 0.6) is 0 Å². The Morgan fingerprint density at radius 1 is 1.17 bits per heavy atom. The molecule has 0 spiro atoms. The van der Waals surface area contributed by atoms with E-state index in [9.17, 15) is 18.4 Å². The Morgan fingerprint density at radius 2 is 1.78 bits per heavy atom. The van der Waals surface area contributed by atoms with Crippen LogP contribution in [0.4, 0.5) is 18.4 Å². The fourth-order valence-corrected chi connectivity index (χ4v) is 0.756. The topological polar surface area (TPSA) is 85.9 Å². The molecule has 0 bridgehead atoms. The van der Waals surface area contributed by atoms with E-state index in [0.717, 1.165) is 6.92 Å². The molecule has 0 aliphatic rings. The average Bonchev–Trinajstić information content (AvgIpc) is 2.26. The Kier molecular flexibility index (Phi) is 7.68. The van der Waals surface area contributed by atoms with Gasteiger partial charge in [0.15, 0.2) is 0 Å². The van der Waals surface area contributed by atoms with Crippen molar-refractivity contribution in [1.82, 2.24) is 10.6 Å². The molecule has 0 heterocycles. The van der Waals surface area contributed by atoms with Crippen LogP contribution in [0.3, 0.4) is 0 Å². The van der Waals surface area contributed by atoms with Crippen LogP contribution in [0, 0.1) is 0 Å². The van der Waals surface area contributed by atoms with Gasteiger partial charge in [-0.15, -0.1) is 0 Å². The van der Waals surface area contributed by atoms with E-state index in [1.807, 2.05) is 0 Å². The molecular formula is C9H16F2N2O5. The molecule has 0 aromatic rings. The van der Waals surface area contributed by atoms with Gasteiger partial charge in [-0.1, -0.05) is 0 Å². The van der Waals surface area contributed by atoms with E-state index >= 15 is 0 Å². The monoisotopic (exact) mass is 270 g/mol. The second-order valence-electron chi connectivity index (χ2n) is 3.28. The molecule has 9 heteroatoms. The van der Waals surface area contributed by atoms with Crippen LogP contribution in [-0.2, 0) is 14.2 Å². The number of hydrogen-bond acceptors (Lipinski definition) is 5. The van der Waals surface area contributed by atoms with Gasteiger partial charge < -0.3 is 24.8 Å². The van der Waals surface area contributed by atoms with E-state index < -0.39 is 24.7 Å². The van der Waals surface area contributed by atoms with Crippen LogP contribution < -0.4 is 10.6 Å². The highest BCUT2D eigenvalue weighted by Crippen LogP contribution is 2.10. The van der Waals surface area contributed by atoms with Crippen molar-refractivity contribution in [2.24, 2.45) is 0 Å².